The zero-order valence-corrected chi connectivity index (χ0v) is 15.9. The maximum atomic E-state index is 13.1. The van der Waals surface area contributed by atoms with Crippen molar-refractivity contribution in [3.05, 3.63) is 77.1 Å². The topological polar surface area (TPSA) is 88.9 Å². The molecule has 1 saturated carbocycles. The van der Waals surface area contributed by atoms with E-state index in [0.717, 1.165) is 18.4 Å². The first-order valence-electron chi connectivity index (χ1n) is 9.37. The van der Waals surface area contributed by atoms with Gasteiger partial charge in [0.05, 0.1) is 5.69 Å². The number of hydrogen-bond donors (Lipinski definition) is 2. The second-order valence-electron chi connectivity index (χ2n) is 7.00. The van der Waals surface area contributed by atoms with E-state index >= 15 is 0 Å². The lowest BCUT2D eigenvalue weighted by molar-refractivity contribution is 0.0935. The van der Waals surface area contributed by atoms with Crippen LogP contribution in [0.25, 0.3) is 5.69 Å². The van der Waals surface area contributed by atoms with Crippen molar-refractivity contribution < 1.29 is 14.0 Å². The molecule has 3 aromatic rings. The van der Waals surface area contributed by atoms with Crippen LogP contribution in [0.15, 0.2) is 48.5 Å². The number of carbonyl (C=O) groups is 2. The van der Waals surface area contributed by atoms with Crippen LogP contribution in [0.5, 0.6) is 0 Å². The minimum Gasteiger partial charge on any atom is -0.349 e. The predicted molar refractivity (Wildman–Crippen MR) is 104 cm³/mol. The Morgan fingerprint density at radius 1 is 1.07 bits per heavy atom. The highest BCUT2D eigenvalue weighted by molar-refractivity contribution is 5.94. The number of nitrogens with one attached hydrogen (secondary N) is 2. The van der Waals surface area contributed by atoms with Crippen molar-refractivity contribution in [1.29, 1.82) is 0 Å². The van der Waals surface area contributed by atoms with Crippen LogP contribution in [-0.2, 0) is 6.54 Å². The molecule has 0 aliphatic heterocycles. The molecule has 4 rings (SSSR count). The summed E-state index contributed by atoms with van der Waals surface area (Å²) in [6.07, 6.45) is 2.08. The summed E-state index contributed by atoms with van der Waals surface area (Å²) in [5.74, 6) is -0.279. The maximum Gasteiger partial charge on any atom is 0.291 e. The zero-order chi connectivity index (χ0) is 20.4. The largest absolute Gasteiger partial charge is 0.349 e. The van der Waals surface area contributed by atoms with E-state index in [1.54, 1.807) is 43.3 Å². The number of hydrogen-bond acceptors (Lipinski definition) is 4. The Hall–Kier alpha value is -3.55. The lowest BCUT2D eigenvalue weighted by atomic mass is 10.1. The number of nitrogens with zero attached hydrogens (tertiary/aromatic N) is 3. The van der Waals surface area contributed by atoms with Crippen LogP contribution in [0, 0.1) is 12.7 Å². The molecule has 0 spiro atoms. The summed E-state index contributed by atoms with van der Waals surface area (Å²) in [4.78, 5) is 28.6. The molecule has 148 valence electrons. The van der Waals surface area contributed by atoms with Crippen LogP contribution in [0.1, 0.15) is 45.2 Å². The maximum absolute atomic E-state index is 13.1. The van der Waals surface area contributed by atoms with Crippen LogP contribution < -0.4 is 10.6 Å². The Morgan fingerprint density at radius 2 is 1.76 bits per heavy atom. The van der Waals surface area contributed by atoms with E-state index in [4.69, 9.17) is 0 Å². The van der Waals surface area contributed by atoms with Crippen LogP contribution in [0.4, 0.5) is 4.39 Å². The standard InChI is InChI=1S/C21H20FN5O2/c1-13-24-19(26-27(13)18-10-6-16(22)7-11-18)21(29)23-12-14-2-4-15(5-3-14)20(28)25-17-8-9-17/h2-7,10-11,17H,8-9,12H2,1H3,(H,23,29)(H,25,28). The zero-order valence-electron chi connectivity index (χ0n) is 15.9. The van der Waals surface area contributed by atoms with Gasteiger partial charge in [0, 0.05) is 18.2 Å². The van der Waals surface area contributed by atoms with Gasteiger partial charge < -0.3 is 10.6 Å². The number of amides is 2. The molecule has 29 heavy (non-hydrogen) atoms. The van der Waals surface area contributed by atoms with E-state index in [1.165, 1.54) is 16.8 Å². The molecule has 0 atom stereocenters. The molecule has 2 N–H and O–H groups in total. The number of halogens is 1. The first-order valence-corrected chi connectivity index (χ1v) is 9.37. The fourth-order valence-electron chi connectivity index (χ4n) is 2.84. The fraction of sp³-hybridized carbons (Fsp3) is 0.238. The molecule has 1 aliphatic rings. The Labute approximate surface area is 167 Å². The van der Waals surface area contributed by atoms with Gasteiger partial charge in [-0.25, -0.2) is 14.1 Å². The molecule has 1 heterocycles. The van der Waals surface area contributed by atoms with Gasteiger partial charge in [0.15, 0.2) is 0 Å². The van der Waals surface area contributed by atoms with E-state index in [1.807, 2.05) is 0 Å². The lowest BCUT2D eigenvalue weighted by Crippen LogP contribution is -2.26. The van der Waals surface area contributed by atoms with Crippen LogP contribution in [-0.4, -0.2) is 32.6 Å². The SMILES string of the molecule is Cc1nc(C(=O)NCc2ccc(C(=O)NC3CC3)cc2)nn1-c1ccc(F)cc1. The van der Waals surface area contributed by atoms with Crippen molar-refractivity contribution in [3.8, 4) is 5.69 Å². The highest BCUT2D eigenvalue weighted by Crippen LogP contribution is 2.19. The van der Waals surface area contributed by atoms with Gasteiger partial charge in [0.1, 0.15) is 11.6 Å². The van der Waals surface area contributed by atoms with Gasteiger partial charge in [0.2, 0.25) is 5.82 Å². The van der Waals surface area contributed by atoms with Crippen LogP contribution >= 0.6 is 0 Å². The van der Waals surface area contributed by atoms with Gasteiger partial charge in [-0.05, 0) is 61.7 Å². The van der Waals surface area contributed by atoms with E-state index in [0.29, 0.717) is 23.1 Å². The summed E-state index contributed by atoms with van der Waals surface area (Å²) < 4.78 is 14.6. The third-order valence-corrected chi connectivity index (χ3v) is 4.63. The summed E-state index contributed by atoms with van der Waals surface area (Å²) in [6.45, 7) is 2.01. The number of aromatic nitrogens is 3. The molecule has 7 nitrogen and oxygen atoms in total. The van der Waals surface area contributed by atoms with Gasteiger partial charge in [-0.1, -0.05) is 12.1 Å². The molecular formula is C21H20FN5O2. The molecule has 0 bridgehead atoms. The van der Waals surface area contributed by atoms with E-state index in [-0.39, 0.29) is 24.1 Å². The van der Waals surface area contributed by atoms with Gasteiger partial charge >= 0.3 is 0 Å². The average molecular weight is 393 g/mol. The Morgan fingerprint density at radius 3 is 2.41 bits per heavy atom. The number of aryl methyl sites for hydroxylation is 1. The Bertz CT molecular complexity index is 1040. The molecule has 0 unspecified atom stereocenters. The van der Waals surface area contributed by atoms with Gasteiger partial charge in [-0.2, -0.15) is 0 Å². The minimum atomic E-state index is -0.412. The molecular weight excluding hydrogens is 373 g/mol. The highest BCUT2D eigenvalue weighted by atomic mass is 19.1. The lowest BCUT2D eigenvalue weighted by Gasteiger charge is -2.06. The van der Waals surface area contributed by atoms with Gasteiger partial charge in [0.25, 0.3) is 11.8 Å². The molecule has 1 aliphatic carbocycles. The van der Waals surface area contributed by atoms with Crippen molar-refractivity contribution >= 4 is 11.8 Å². The summed E-state index contributed by atoms with van der Waals surface area (Å²) >= 11 is 0. The molecule has 8 heteroatoms. The van der Waals surface area contributed by atoms with E-state index in [2.05, 4.69) is 20.7 Å². The van der Waals surface area contributed by atoms with E-state index < -0.39 is 5.91 Å². The summed E-state index contributed by atoms with van der Waals surface area (Å²) in [7, 11) is 0. The first-order chi connectivity index (χ1) is 14.0. The van der Waals surface area contributed by atoms with Gasteiger partial charge in [-0.15, -0.1) is 5.10 Å². The second-order valence-corrected chi connectivity index (χ2v) is 7.00. The number of rotatable bonds is 6. The third-order valence-electron chi connectivity index (χ3n) is 4.63. The number of benzene rings is 2. The van der Waals surface area contributed by atoms with Gasteiger partial charge in [-0.3, -0.25) is 9.59 Å². The summed E-state index contributed by atoms with van der Waals surface area (Å²) in [5, 5.41) is 9.92. The smallest absolute Gasteiger partial charge is 0.291 e. The van der Waals surface area contributed by atoms with Crippen molar-refractivity contribution in [1.82, 2.24) is 25.4 Å². The van der Waals surface area contributed by atoms with Crippen molar-refractivity contribution in [2.75, 3.05) is 0 Å². The van der Waals surface area contributed by atoms with Crippen LogP contribution in [0.2, 0.25) is 0 Å². The molecule has 0 radical (unpaired) electrons. The van der Waals surface area contributed by atoms with Crippen molar-refractivity contribution in [3.63, 3.8) is 0 Å². The molecule has 1 fully saturated rings. The Balaban J connectivity index is 1.37. The molecule has 2 aromatic carbocycles. The molecule has 2 amide bonds. The first kappa shape index (κ1) is 18.8. The van der Waals surface area contributed by atoms with Crippen molar-refractivity contribution in [2.24, 2.45) is 0 Å². The Kier molecular flexibility index (Phi) is 5.07. The second kappa shape index (κ2) is 7.83. The number of carbonyl (C=O) groups excluding carboxylic acids is 2. The van der Waals surface area contributed by atoms with Crippen molar-refractivity contribution in [2.45, 2.75) is 32.4 Å². The normalized spacial score (nSPS) is 13.2. The average Bonchev–Trinajstić information content (AvgIpc) is 3.46. The predicted octanol–water partition coefficient (Wildman–Crippen LogP) is 2.54. The summed E-state index contributed by atoms with van der Waals surface area (Å²) in [5.41, 5.74) is 2.08. The van der Waals surface area contributed by atoms with Crippen LogP contribution in [0.3, 0.4) is 0 Å². The van der Waals surface area contributed by atoms with E-state index in [9.17, 15) is 14.0 Å². The fourth-order valence-corrected chi connectivity index (χ4v) is 2.84. The molecule has 1 aromatic heterocycles. The quantitative estimate of drug-likeness (QED) is 0.674. The highest BCUT2D eigenvalue weighted by Gasteiger charge is 2.23. The monoisotopic (exact) mass is 393 g/mol. The molecule has 0 saturated heterocycles. The summed E-state index contributed by atoms with van der Waals surface area (Å²) in [6, 6.07) is 13.2. The third kappa shape index (κ3) is 4.48. The minimum absolute atomic E-state index is 0.0345.